The van der Waals surface area contributed by atoms with E-state index in [0.717, 1.165) is 34.7 Å². The summed E-state index contributed by atoms with van der Waals surface area (Å²) in [5.41, 5.74) is 3.34. The smallest absolute Gasteiger partial charge is 0.167 e. The molecule has 0 aliphatic heterocycles. The van der Waals surface area contributed by atoms with Gasteiger partial charge in [-0.1, -0.05) is 51.9 Å². The van der Waals surface area contributed by atoms with Crippen LogP contribution in [0.3, 0.4) is 0 Å². The third-order valence-electron chi connectivity index (χ3n) is 4.90. The highest BCUT2D eigenvalue weighted by molar-refractivity contribution is 7.46. The summed E-state index contributed by atoms with van der Waals surface area (Å²) in [4.78, 5) is 9.02. The Labute approximate surface area is 172 Å². The van der Waals surface area contributed by atoms with Gasteiger partial charge >= 0.3 is 0 Å². The Morgan fingerprint density at radius 1 is 1.07 bits per heavy atom. The lowest BCUT2D eigenvalue weighted by atomic mass is 10.0. The second kappa shape index (κ2) is 9.01. The van der Waals surface area contributed by atoms with Crippen molar-refractivity contribution >= 4 is 31.2 Å². The van der Waals surface area contributed by atoms with Crippen LogP contribution < -0.4 is 15.9 Å². The van der Waals surface area contributed by atoms with Crippen molar-refractivity contribution in [3.8, 4) is 0 Å². The van der Waals surface area contributed by atoms with Crippen molar-refractivity contribution in [2.24, 2.45) is 0 Å². The Morgan fingerprint density at radius 3 is 2.69 bits per heavy atom. The van der Waals surface area contributed by atoms with Crippen LogP contribution in [0.5, 0.6) is 0 Å². The normalized spacial score (nSPS) is 12.5. The Balaban J connectivity index is 1.56. The molecule has 2 atom stereocenters. The molecule has 4 rings (SSSR count). The second-order valence-corrected chi connectivity index (χ2v) is 8.02. The fourth-order valence-electron chi connectivity index (χ4n) is 3.21. The summed E-state index contributed by atoms with van der Waals surface area (Å²) in [5, 5.41) is 12.7. The summed E-state index contributed by atoms with van der Waals surface area (Å²) >= 11 is 0. The second-order valence-electron chi connectivity index (χ2n) is 6.98. The Morgan fingerprint density at radius 2 is 1.93 bits per heavy atom. The van der Waals surface area contributed by atoms with E-state index in [9.17, 15) is 0 Å². The van der Waals surface area contributed by atoms with Crippen LogP contribution >= 0.6 is 8.58 Å². The molecule has 0 saturated carbocycles. The first kappa shape index (κ1) is 19.3. The van der Waals surface area contributed by atoms with Gasteiger partial charge in [0.2, 0.25) is 0 Å². The molecule has 29 heavy (non-hydrogen) atoms. The first-order valence-corrected chi connectivity index (χ1v) is 11.2. The van der Waals surface area contributed by atoms with Crippen molar-refractivity contribution in [3.63, 3.8) is 0 Å². The Bertz CT molecular complexity index is 1060. The SMILES string of the molecule is CPc1cnn2c(NCc3cccnc3)cc(NCC(C)c3ccccc3)nc12. The van der Waals surface area contributed by atoms with Crippen LogP contribution in [0.2, 0.25) is 0 Å². The molecule has 0 radical (unpaired) electrons. The van der Waals surface area contributed by atoms with Gasteiger partial charge in [-0.05, 0) is 29.8 Å². The third kappa shape index (κ3) is 4.54. The van der Waals surface area contributed by atoms with Gasteiger partial charge in [-0.2, -0.15) is 9.61 Å². The fourth-order valence-corrected chi connectivity index (χ4v) is 3.78. The van der Waals surface area contributed by atoms with Gasteiger partial charge in [0, 0.05) is 36.9 Å². The van der Waals surface area contributed by atoms with Gasteiger partial charge < -0.3 is 10.6 Å². The van der Waals surface area contributed by atoms with Crippen LogP contribution in [0.1, 0.15) is 24.0 Å². The molecule has 7 heteroatoms. The number of aromatic nitrogens is 4. The number of rotatable bonds is 8. The van der Waals surface area contributed by atoms with Crippen LogP contribution in [0.15, 0.2) is 67.1 Å². The van der Waals surface area contributed by atoms with E-state index in [0.29, 0.717) is 21.0 Å². The van der Waals surface area contributed by atoms with Crippen LogP contribution in [0.25, 0.3) is 5.65 Å². The average molecular weight is 404 g/mol. The molecule has 2 unspecified atom stereocenters. The molecule has 0 amide bonds. The van der Waals surface area contributed by atoms with Crippen molar-refractivity contribution in [1.82, 2.24) is 19.6 Å². The summed E-state index contributed by atoms with van der Waals surface area (Å²) in [6, 6.07) is 16.6. The number of benzene rings is 1. The third-order valence-corrected chi connectivity index (χ3v) is 5.79. The van der Waals surface area contributed by atoms with Crippen molar-refractivity contribution in [3.05, 3.63) is 78.2 Å². The molecule has 0 aliphatic carbocycles. The minimum atomic E-state index is 0.387. The summed E-state index contributed by atoms with van der Waals surface area (Å²) in [6.45, 7) is 5.86. The van der Waals surface area contributed by atoms with Gasteiger partial charge in [0.15, 0.2) is 5.65 Å². The molecule has 3 aromatic heterocycles. The first-order valence-electron chi connectivity index (χ1n) is 9.72. The highest BCUT2D eigenvalue weighted by atomic mass is 31.1. The molecule has 0 fully saturated rings. The van der Waals surface area contributed by atoms with E-state index < -0.39 is 0 Å². The maximum atomic E-state index is 4.83. The van der Waals surface area contributed by atoms with Crippen molar-refractivity contribution < 1.29 is 0 Å². The molecular weight excluding hydrogens is 379 g/mol. The van der Waals surface area contributed by atoms with E-state index in [4.69, 9.17) is 4.98 Å². The maximum Gasteiger partial charge on any atom is 0.167 e. The number of pyridine rings is 1. The molecule has 4 aromatic rings. The molecule has 0 spiro atoms. The lowest BCUT2D eigenvalue weighted by Crippen LogP contribution is -2.14. The Kier molecular flexibility index (Phi) is 6.01. The van der Waals surface area contributed by atoms with Gasteiger partial charge in [0.25, 0.3) is 0 Å². The van der Waals surface area contributed by atoms with E-state index in [2.05, 4.69) is 64.6 Å². The van der Waals surface area contributed by atoms with Crippen LogP contribution in [0, 0.1) is 0 Å². The summed E-state index contributed by atoms with van der Waals surface area (Å²) in [6.07, 6.45) is 5.56. The lowest BCUT2D eigenvalue weighted by molar-refractivity contribution is 0.800. The molecule has 3 heterocycles. The van der Waals surface area contributed by atoms with E-state index in [1.54, 1.807) is 6.20 Å². The predicted octanol–water partition coefficient (Wildman–Crippen LogP) is 3.89. The van der Waals surface area contributed by atoms with E-state index in [1.165, 1.54) is 5.56 Å². The van der Waals surface area contributed by atoms with E-state index in [-0.39, 0.29) is 0 Å². The predicted molar refractivity (Wildman–Crippen MR) is 122 cm³/mol. The summed E-state index contributed by atoms with van der Waals surface area (Å²) < 4.78 is 1.88. The van der Waals surface area contributed by atoms with Crippen molar-refractivity contribution in [1.29, 1.82) is 0 Å². The quantitative estimate of drug-likeness (QED) is 0.436. The molecule has 0 saturated heterocycles. The minimum absolute atomic E-state index is 0.387. The van der Waals surface area contributed by atoms with Crippen molar-refractivity contribution in [2.45, 2.75) is 19.4 Å². The highest BCUT2D eigenvalue weighted by Gasteiger charge is 2.12. The minimum Gasteiger partial charge on any atom is -0.369 e. The highest BCUT2D eigenvalue weighted by Crippen LogP contribution is 2.21. The van der Waals surface area contributed by atoms with Gasteiger partial charge in [0.05, 0.1) is 6.20 Å². The monoisotopic (exact) mass is 404 g/mol. The van der Waals surface area contributed by atoms with Crippen LogP contribution in [-0.4, -0.2) is 32.8 Å². The molecule has 6 nitrogen and oxygen atoms in total. The number of anilines is 2. The number of hydrogen-bond acceptors (Lipinski definition) is 5. The van der Waals surface area contributed by atoms with E-state index in [1.807, 2.05) is 35.1 Å². The zero-order valence-corrected chi connectivity index (χ0v) is 17.6. The fraction of sp³-hybridized carbons (Fsp3) is 0.227. The first-order chi connectivity index (χ1) is 14.2. The molecular formula is C22H25N6P. The van der Waals surface area contributed by atoms with Gasteiger partial charge in [-0.15, -0.1) is 0 Å². The topological polar surface area (TPSA) is 67.1 Å². The standard InChI is InChI=1S/C22H25N6P/c1-16(18-8-4-3-5-9-18)12-24-20-11-21(25-14-17-7-6-10-23-13-17)28-22(27-20)19(29-2)15-26-28/h3-11,13,15-16,25,29H,12,14H2,1-2H3,(H,24,27). The zero-order valence-electron chi connectivity index (χ0n) is 16.6. The lowest BCUT2D eigenvalue weighted by Gasteiger charge is -2.15. The van der Waals surface area contributed by atoms with E-state index >= 15 is 0 Å². The number of nitrogens with one attached hydrogen (secondary N) is 2. The van der Waals surface area contributed by atoms with Crippen LogP contribution in [-0.2, 0) is 6.54 Å². The van der Waals surface area contributed by atoms with Crippen molar-refractivity contribution in [2.75, 3.05) is 23.8 Å². The summed E-state index contributed by atoms with van der Waals surface area (Å²) in [5.74, 6) is 2.16. The largest absolute Gasteiger partial charge is 0.369 e. The molecule has 1 aromatic carbocycles. The number of hydrogen-bond donors (Lipinski definition) is 2. The molecule has 2 N–H and O–H groups in total. The maximum absolute atomic E-state index is 4.83. The molecule has 0 bridgehead atoms. The van der Waals surface area contributed by atoms with Crippen LogP contribution in [0.4, 0.5) is 11.6 Å². The molecule has 148 valence electrons. The molecule has 0 aliphatic rings. The zero-order chi connectivity index (χ0) is 20.1. The summed E-state index contributed by atoms with van der Waals surface area (Å²) in [7, 11) is 0.639. The Hall–Kier alpha value is -2.98. The number of nitrogens with zero attached hydrogens (tertiary/aromatic N) is 4. The average Bonchev–Trinajstić information content (AvgIpc) is 3.20. The number of fused-ring (bicyclic) bond motifs is 1. The van der Waals surface area contributed by atoms with Gasteiger partial charge in [-0.25, -0.2) is 4.98 Å². The van der Waals surface area contributed by atoms with Gasteiger partial charge in [-0.3, -0.25) is 4.98 Å². The van der Waals surface area contributed by atoms with Gasteiger partial charge in [0.1, 0.15) is 11.6 Å².